The van der Waals surface area contributed by atoms with E-state index in [0.717, 1.165) is 16.6 Å². The van der Waals surface area contributed by atoms with Gasteiger partial charge in [-0.15, -0.1) is 0 Å². The molecule has 3 nitrogen and oxygen atoms in total. The van der Waals surface area contributed by atoms with Crippen molar-refractivity contribution >= 4 is 43.6 Å². The van der Waals surface area contributed by atoms with Crippen LogP contribution in [0.5, 0.6) is 0 Å². The van der Waals surface area contributed by atoms with E-state index < -0.39 is 0 Å². The predicted molar refractivity (Wildman–Crippen MR) is 119 cm³/mol. The van der Waals surface area contributed by atoms with Gasteiger partial charge in [-0.25, -0.2) is 0 Å². The van der Waals surface area contributed by atoms with Crippen LogP contribution < -0.4 is 5.84 Å². The second kappa shape index (κ2) is 5.40. The van der Waals surface area contributed by atoms with Gasteiger partial charge in [0.2, 0.25) is 0 Å². The van der Waals surface area contributed by atoms with E-state index in [9.17, 15) is 0 Å². The Hall–Kier alpha value is -3.72. The number of benzene rings is 4. The summed E-state index contributed by atoms with van der Waals surface area (Å²) in [6, 6.07) is 29.9. The van der Waals surface area contributed by atoms with Crippen molar-refractivity contribution in [3.8, 4) is 11.1 Å². The fraction of sp³-hybridized carbons (Fsp3) is 0.0400. The highest BCUT2D eigenvalue weighted by atomic mass is 15.3. The van der Waals surface area contributed by atoms with Crippen molar-refractivity contribution in [1.29, 1.82) is 0 Å². The standard InChI is InChI=1S/C25H19N3/c1-27-22-14-4-2-8-16(22)18-10-6-12-20(24(18)27)21-13-7-11-19-17-9-3-5-15-23(17)28(26)25(19)21/h2-15H,26H2,1H3. The van der Waals surface area contributed by atoms with Gasteiger partial charge >= 0.3 is 0 Å². The maximum Gasteiger partial charge on any atom is 0.0782 e. The maximum absolute atomic E-state index is 6.58. The molecule has 0 atom stereocenters. The van der Waals surface area contributed by atoms with Gasteiger partial charge in [0.05, 0.1) is 16.6 Å². The zero-order valence-electron chi connectivity index (χ0n) is 15.6. The normalized spacial score (nSPS) is 11.9. The van der Waals surface area contributed by atoms with E-state index in [1.165, 1.54) is 38.1 Å². The second-order valence-electron chi connectivity index (χ2n) is 7.37. The summed E-state index contributed by atoms with van der Waals surface area (Å²) in [5, 5.41) is 4.92. The SMILES string of the molecule is Cn1c2ccccc2c2cccc(-c3cccc4c5ccccc5n(N)c34)c21. The molecule has 4 aromatic carbocycles. The number of nitrogens with two attached hydrogens (primary N) is 1. The number of fused-ring (bicyclic) bond motifs is 6. The van der Waals surface area contributed by atoms with Crippen LogP contribution in [-0.4, -0.2) is 9.24 Å². The minimum atomic E-state index is 1.05. The maximum atomic E-state index is 6.58. The Morgan fingerprint density at radius 3 is 1.75 bits per heavy atom. The number of nitrogen functional groups attached to an aromatic ring is 1. The van der Waals surface area contributed by atoms with Gasteiger partial charge in [-0.05, 0) is 12.1 Å². The molecule has 6 rings (SSSR count). The van der Waals surface area contributed by atoms with Gasteiger partial charge in [0.25, 0.3) is 0 Å². The third-order valence-corrected chi connectivity index (χ3v) is 5.95. The molecule has 2 heterocycles. The van der Waals surface area contributed by atoms with Crippen LogP contribution in [0, 0.1) is 0 Å². The molecule has 0 fully saturated rings. The summed E-state index contributed by atoms with van der Waals surface area (Å²) < 4.78 is 4.13. The number of aryl methyl sites for hydroxylation is 1. The van der Waals surface area contributed by atoms with E-state index in [2.05, 4.69) is 90.5 Å². The molecule has 0 unspecified atom stereocenters. The fourth-order valence-electron chi connectivity index (χ4n) is 4.72. The van der Waals surface area contributed by atoms with Gasteiger partial charge in [-0.2, -0.15) is 0 Å². The lowest BCUT2D eigenvalue weighted by molar-refractivity contribution is 1.01. The minimum Gasteiger partial charge on any atom is -0.343 e. The third-order valence-electron chi connectivity index (χ3n) is 5.95. The number of hydrogen-bond acceptors (Lipinski definition) is 1. The van der Waals surface area contributed by atoms with Gasteiger partial charge in [-0.1, -0.05) is 72.8 Å². The Bertz CT molecular complexity index is 1410. The number of aromatic nitrogens is 2. The molecular formula is C25H19N3. The molecule has 0 saturated carbocycles. The zero-order chi connectivity index (χ0) is 18.8. The predicted octanol–water partition coefficient (Wildman–Crippen LogP) is 5.82. The molecular weight excluding hydrogens is 342 g/mol. The Morgan fingerprint density at radius 2 is 1.04 bits per heavy atom. The van der Waals surface area contributed by atoms with Crippen LogP contribution in [0.25, 0.3) is 54.7 Å². The van der Waals surface area contributed by atoms with Gasteiger partial charge < -0.3 is 10.4 Å². The lowest BCUT2D eigenvalue weighted by atomic mass is 9.99. The summed E-state index contributed by atoms with van der Waals surface area (Å²) in [7, 11) is 2.15. The van der Waals surface area contributed by atoms with Crippen LogP contribution in [0.15, 0.2) is 84.9 Å². The Kier molecular flexibility index (Phi) is 2.96. The van der Waals surface area contributed by atoms with Crippen LogP contribution in [-0.2, 0) is 7.05 Å². The summed E-state index contributed by atoms with van der Waals surface area (Å²) in [6.07, 6.45) is 0. The molecule has 6 aromatic rings. The Balaban J connectivity index is 1.81. The lowest BCUT2D eigenvalue weighted by Gasteiger charge is -2.10. The molecule has 0 aliphatic carbocycles. The molecule has 3 heteroatoms. The summed E-state index contributed by atoms with van der Waals surface area (Å²) in [5.41, 5.74) is 6.96. The van der Waals surface area contributed by atoms with Crippen LogP contribution in [0.2, 0.25) is 0 Å². The van der Waals surface area contributed by atoms with Crippen molar-refractivity contribution in [1.82, 2.24) is 9.24 Å². The summed E-state index contributed by atoms with van der Waals surface area (Å²) in [5.74, 6) is 6.58. The number of hydrogen-bond donors (Lipinski definition) is 1. The summed E-state index contributed by atoms with van der Waals surface area (Å²) in [4.78, 5) is 0. The summed E-state index contributed by atoms with van der Waals surface area (Å²) in [6.45, 7) is 0. The van der Waals surface area contributed by atoms with E-state index in [-0.39, 0.29) is 0 Å². The average Bonchev–Trinajstić information content (AvgIpc) is 3.21. The summed E-state index contributed by atoms with van der Waals surface area (Å²) >= 11 is 0. The molecule has 28 heavy (non-hydrogen) atoms. The first-order valence-electron chi connectivity index (χ1n) is 9.49. The van der Waals surface area contributed by atoms with Crippen molar-refractivity contribution < 1.29 is 0 Å². The first-order valence-corrected chi connectivity index (χ1v) is 9.49. The van der Waals surface area contributed by atoms with Crippen molar-refractivity contribution in [3.05, 3.63) is 84.9 Å². The molecule has 0 spiro atoms. The van der Waals surface area contributed by atoms with Gasteiger partial charge in [0, 0.05) is 45.2 Å². The molecule has 2 N–H and O–H groups in total. The van der Waals surface area contributed by atoms with Crippen molar-refractivity contribution in [2.75, 3.05) is 5.84 Å². The highest BCUT2D eigenvalue weighted by Crippen LogP contribution is 2.39. The van der Waals surface area contributed by atoms with Crippen molar-refractivity contribution in [2.24, 2.45) is 7.05 Å². The molecule has 0 aliphatic heterocycles. The molecule has 0 saturated heterocycles. The number of para-hydroxylation sites is 4. The molecule has 0 radical (unpaired) electrons. The Morgan fingerprint density at radius 1 is 0.536 bits per heavy atom. The zero-order valence-corrected chi connectivity index (χ0v) is 15.6. The van der Waals surface area contributed by atoms with E-state index in [0.29, 0.717) is 0 Å². The quantitative estimate of drug-likeness (QED) is 0.368. The largest absolute Gasteiger partial charge is 0.343 e. The molecule has 0 aliphatic rings. The third kappa shape index (κ3) is 1.83. The highest BCUT2D eigenvalue weighted by Gasteiger charge is 2.17. The second-order valence-corrected chi connectivity index (χ2v) is 7.37. The van der Waals surface area contributed by atoms with Crippen LogP contribution >= 0.6 is 0 Å². The Labute approximate surface area is 162 Å². The number of rotatable bonds is 1. The lowest BCUT2D eigenvalue weighted by Crippen LogP contribution is -2.07. The van der Waals surface area contributed by atoms with Gasteiger partial charge in [-0.3, -0.25) is 4.68 Å². The van der Waals surface area contributed by atoms with E-state index in [4.69, 9.17) is 5.84 Å². The monoisotopic (exact) mass is 361 g/mol. The molecule has 2 aromatic heterocycles. The van der Waals surface area contributed by atoms with Crippen LogP contribution in [0.1, 0.15) is 0 Å². The first kappa shape index (κ1) is 15.3. The van der Waals surface area contributed by atoms with E-state index >= 15 is 0 Å². The van der Waals surface area contributed by atoms with E-state index in [1.807, 2.05) is 10.7 Å². The molecule has 0 bridgehead atoms. The van der Waals surface area contributed by atoms with Crippen molar-refractivity contribution in [2.45, 2.75) is 0 Å². The highest BCUT2D eigenvalue weighted by molar-refractivity contribution is 6.17. The van der Waals surface area contributed by atoms with Crippen LogP contribution in [0.3, 0.4) is 0 Å². The first-order chi connectivity index (χ1) is 13.8. The smallest absolute Gasteiger partial charge is 0.0782 e. The van der Waals surface area contributed by atoms with Gasteiger partial charge in [0.15, 0.2) is 0 Å². The fourth-order valence-corrected chi connectivity index (χ4v) is 4.72. The average molecular weight is 361 g/mol. The van der Waals surface area contributed by atoms with Crippen LogP contribution in [0.4, 0.5) is 0 Å². The molecule has 0 amide bonds. The molecule has 134 valence electrons. The number of nitrogens with zero attached hydrogens (tertiary/aromatic N) is 2. The van der Waals surface area contributed by atoms with Gasteiger partial charge in [0.1, 0.15) is 0 Å². The minimum absolute atomic E-state index is 1.05. The van der Waals surface area contributed by atoms with E-state index in [1.54, 1.807) is 0 Å². The van der Waals surface area contributed by atoms with Crippen molar-refractivity contribution in [3.63, 3.8) is 0 Å². The topological polar surface area (TPSA) is 35.9 Å².